The SMILES string of the molecule is CC(=O)c1ccccc1NC(=O)C(C)Sc1nnc(COc2ccccc2F)n1-c1ccccc1. The highest BCUT2D eigenvalue weighted by atomic mass is 32.2. The number of amides is 1. The van der Waals surface area contributed by atoms with E-state index < -0.39 is 11.1 Å². The van der Waals surface area contributed by atoms with Crippen LogP contribution in [0.5, 0.6) is 5.75 Å². The molecular weight excluding hydrogens is 467 g/mol. The van der Waals surface area contributed by atoms with Gasteiger partial charge in [-0.3, -0.25) is 14.2 Å². The second-order valence-corrected chi connectivity index (χ2v) is 8.95. The second-order valence-electron chi connectivity index (χ2n) is 7.64. The van der Waals surface area contributed by atoms with Crippen molar-refractivity contribution in [1.82, 2.24) is 14.8 Å². The molecule has 0 radical (unpaired) electrons. The Hall–Kier alpha value is -3.98. The molecular formula is C26H23FN4O3S. The van der Waals surface area contributed by atoms with Crippen LogP contribution in [0.25, 0.3) is 5.69 Å². The lowest BCUT2D eigenvalue weighted by atomic mass is 10.1. The van der Waals surface area contributed by atoms with Gasteiger partial charge in [-0.15, -0.1) is 10.2 Å². The number of carbonyl (C=O) groups excluding carboxylic acids is 2. The molecule has 0 bridgehead atoms. The normalized spacial score (nSPS) is 11.6. The Bertz CT molecular complexity index is 1340. The molecule has 1 N–H and O–H groups in total. The van der Waals surface area contributed by atoms with E-state index in [1.165, 1.54) is 24.8 Å². The van der Waals surface area contributed by atoms with Crippen LogP contribution in [0.3, 0.4) is 0 Å². The van der Waals surface area contributed by atoms with Crippen LogP contribution in [0.4, 0.5) is 10.1 Å². The van der Waals surface area contributed by atoms with Gasteiger partial charge in [0.15, 0.2) is 28.3 Å². The molecule has 9 heteroatoms. The zero-order chi connectivity index (χ0) is 24.8. The monoisotopic (exact) mass is 490 g/mol. The van der Waals surface area contributed by atoms with Gasteiger partial charge in [-0.2, -0.15) is 0 Å². The fourth-order valence-electron chi connectivity index (χ4n) is 3.36. The number of hydrogen-bond donors (Lipinski definition) is 1. The molecule has 0 saturated carbocycles. The van der Waals surface area contributed by atoms with Gasteiger partial charge in [-0.25, -0.2) is 4.39 Å². The Balaban J connectivity index is 1.56. The molecule has 35 heavy (non-hydrogen) atoms. The van der Waals surface area contributed by atoms with Crippen LogP contribution in [-0.2, 0) is 11.4 Å². The minimum absolute atomic E-state index is 0.0179. The highest BCUT2D eigenvalue weighted by Crippen LogP contribution is 2.28. The molecule has 0 spiro atoms. The summed E-state index contributed by atoms with van der Waals surface area (Å²) in [6.07, 6.45) is 0. The van der Waals surface area contributed by atoms with E-state index in [1.54, 1.807) is 54.0 Å². The Kier molecular flexibility index (Phi) is 7.57. The second kappa shape index (κ2) is 11.0. The number of para-hydroxylation sites is 3. The van der Waals surface area contributed by atoms with Gasteiger partial charge < -0.3 is 10.1 Å². The quantitative estimate of drug-likeness (QED) is 0.253. The van der Waals surface area contributed by atoms with Gasteiger partial charge >= 0.3 is 0 Å². The molecule has 1 aromatic heterocycles. The highest BCUT2D eigenvalue weighted by molar-refractivity contribution is 8.00. The molecule has 0 fully saturated rings. The number of anilines is 1. The molecule has 0 saturated heterocycles. The molecule has 0 aliphatic carbocycles. The average Bonchev–Trinajstić information content (AvgIpc) is 3.26. The number of aromatic nitrogens is 3. The van der Waals surface area contributed by atoms with Crippen LogP contribution in [0.1, 0.15) is 30.0 Å². The number of thioether (sulfide) groups is 1. The minimum atomic E-state index is -0.554. The summed E-state index contributed by atoms with van der Waals surface area (Å²) < 4.78 is 21.4. The fourth-order valence-corrected chi connectivity index (χ4v) is 4.24. The standard InChI is InChI=1S/C26H23FN4O3S/c1-17(32)20-12-6-8-14-22(20)28-25(33)18(2)35-26-30-29-24(31(26)19-10-4-3-5-11-19)16-34-23-15-9-7-13-21(23)27/h3-15,18H,16H2,1-2H3,(H,28,33). The summed E-state index contributed by atoms with van der Waals surface area (Å²) in [6, 6.07) is 22.4. The third-order valence-electron chi connectivity index (χ3n) is 5.12. The maximum Gasteiger partial charge on any atom is 0.237 e. The van der Waals surface area contributed by atoms with Crippen molar-refractivity contribution < 1.29 is 18.7 Å². The lowest BCUT2D eigenvalue weighted by molar-refractivity contribution is -0.115. The van der Waals surface area contributed by atoms with Crippen LogP contribution < -0.4 is 10.1 Å². The van der Waals surface area contributed by atoms with E-state index in [4.69, 9.17) is 4.74 Å². The summed E-state index contributed by atoms with van der Waals surface area (Å²) in [5.74, 6) is -0.318. The molecule has 1 heterocycles. The molecule has 4 rings (SSSR count). The number of ether oxygens (including phenoxy) is 1. The fraction of sp³-hybridized carbons (Fsp3) is 0.154. The van der Waals surface area contributed by atoms with Crippen molar-refractivity contribution in [3.8, 4) is 11.4 Å². The summed E-state index contributed by atoms with van der Waals surface area (Å²) in [4.78, 5) is 24.8. The van der Waals surface area contributed by atoms with Crippen LogP contribution in [0.15, 0.2) is 84.0 Å². The first-order valence-electron chi connectivity index (χ1n) is 10.9. The summed E-state index contributed by atoms with van der Waals surface area (Å²) in [7, 11) is 0. The van der Waals surface area contributed by atoms with Crippen LogP contribution in [0.2, 0.25) is 0 Å². The van der Waals surface area contributed by atoms with Crippen molar-refractivity contribution in [2.75, 3.05) is 5.32 Å². The maximum absolute atomic E-state index is 14.0. The summed E-state index contributed by atoms with van der Waals surface area (Å²) in [5, 5.41) is 11.3. The summed E-state index contributed by atoms with van der Waals surface area (Å²) in [6.45, 7) is 3.18. The smallest absolute Gasteiger partial charge is 0.237 e. The lowest BCUT2D eigenvalue weighted by Gasteiger charge is -2.15. The largest absolute Gasteiger partial charge is 0.483 e. The number of rotatable bonds is 9. The van der Waals surface area contributed by atoms with E-state index in [2.05, 4.69) is 15.5 Å². The number of benzene rings is 3. The number of ketones is 1. The van der Waals surface area contributed by atoms with E-state index in [1.807, 2.05) is 30.3 Å². The van der Waals surface area contributed by atoms with Gasteiger partial charge in [0.25, 0.3) is 0 Å². The molecule has 7 nitrogen and oxygen atoms in total. The molecule has 1 unspecified atom stereocenters. The lowest BCUT2D eigenvalue weighted by Crippen LogP contribution is -2.24. The predicted octanol–water partition coefficient (Wildman–Crippen LogP) is 5.31. The zero-order valence-electron chi connectivity index (χ0n) is 19.1. The summed E-state index contributed by atoms with van der Waals surface area (Å²) in [5.41, 5.74) is 1.68. The molecule has 0 aliphatic rings. The minimum Gasteiger partial charge on any atom is -0.483 e. The number of Topliss-reactive ketones (excluding diaryl/α,β-unsaturated/α-hetero) is 1. The maximum atomic E-state index is 14.0. The first kappa shape index (κ1) is 24.2. The number of halogens is 1. The molecule has 1 atom stereocenters. The van der Waals surface area contributed by atoms with Crippen molar-refractivity contribution >= 4 is 29.1 Å². The Morgan fingerprint density at radius 2 is 1.69 bits per heavy atom. The van der Waals surface area contributed by atoms with Gasteiger partial charge in [0, 0.05) is 11.3 Å². The first-order chi connectivity index (χ1) is 16.9. The van der Waals surface area contributed by atoms with Crippen LogP contribution >= 0.6 is 11.8 Å². The molecule has 3 aromatic carbocycles. The summed E-state index contributed by atoms with van der Waals surface area (Å²) >= 11 is 1.22. The van der Waals surface area contributed by atoms with Gasteiger partial charge in [0.05, 0.1) is 10.9 Å². The van der Waals surface area contributed by atoms with Gasteiger partial charge in [0.2, 0.25) is 5.91 Å². The number of carbonyl (C=O) groups is 2. The van der Waals surface area contributed by atoms with Crippen molar-refractivity contribution in [2.24, 2.45) is 0 Å². The average molecular weight is 491 g/mol. The predicted molar refractivity (Wildman–Crippen MR) is 132 cm³/mol. The van der Waals surface area contributed by atoms with Gasteiger partial charge in [-0.05, 0) is 50.2 Å². The molecule has 178 valence electrons. The number of nitrogens with zero attached hydrogens (tertiary/aromatic N) is 3. The molecule has 4 aromatic rings. The molecule has 1 amide bonds. The highest BCUT2D eigenvalue weighted by Gasteiger charge is 2.22. The van der Waals surface area contributed by atoms with Crippen molar-refractivity contribution in [2.45, 2.75) is 30.9 Å². The van der Waals surface area contributed by atoms with Crippen molar-refractivity contribution in [3.05, 3.63) is 96.1 Å². The van der Waals surface area contributed by atoms with Gasteiger partial charge in [-0.1, -0.05) is 54.2 Å². The van der Waals surface area contributed by atoms with E-state index >= 15 is 0 Å². The van der Waals surface area contributed by atoms with Crippen LogP contribution in [0, 0.1) is 5.82 Å². The van der Waals surface area contributed by atoms with E-state index in [9.17, 15) is 14.0 Å². The Labute approximate surface area is 206 Å². The third-order valence-corrected chi connectivity index (χ3v) is 6.17. The van der Waals surface area contributed by atoms with E-state index in [0.717, 1.165) is 5.69 Å². The zero-order valence-corrected chi connectivity index (χ0v) is 20.0. The first-order valence-corrected chi connectivity index (χ1v) is 11.8. The number of nitrogens with one attached hydrogen (secondary N) is 1. The topological polar surface area (TPSA) is 86.1 Å². The van der Waals surface area contributed by atoms with Gasteiger partial charge in [0.1, 0.15) is 6.61 Å². The van der Waals surface area contributed by atoms with Crippen LogP contribution in [-0.4, -0.2) is 31.7 Å². The number of hydrogen-bond acceptors (Lipinski definition) is 6. The van der Waals surface area contributed by atoms with Crippen molar-refractivity contribution in [1.29, 1.82) is 0 Å². The van der Waals surface area contributed by atoms with E-state index in [-0.39, 0.29) is 24.0 Å². The Morgan fingerprint density at radius 3 is 2.43 bits per heavy atom. The third kappa shape index (κ3) is 5.75. The van der Waals surface area contributed by atoms with E-state index in [0.29, 0.717) is 22.2 Å². The van der Waals surface area contributed by atoms with Crippen molar-refractivity contribution in [3.63, 3.8) is 0 Å². The molecule has 0 aliphatic heterocycles. The Morgan fingerprint density at radius 1 is 1.00 bits per heavy atom.